The van der Waals surface area contributed by atoms with Crippen LogP contribution in [0.15, 0.2) is 48.5 Å². The molecule has 126 valence electrons. The molecule has 0 saturated carbocycles. The lowest BCUT2D eigenvalue weighted by Gasteiger charge is -2.05. The molecule has 0 atom stereocenters. The summed E-state index contributed by atoms with van der Waals surface area (Å²) in [6.45, 7) is -0.317. The van der Waals surface area contributed by atoms with Crippen LogP contribution in [0, 0.1) is 15.9 Å². The maximum atomic E-state index is 13.7. The van der Waals surface area contributed by atoms with Crippen LogP contribution >= 0.6 is 0 Å². The number of rotatable bonds is 5. The molecule has 0 fully saturated rings. The highest BCUT2D eigenvalue weighted by atomic mass is 19.1. The molecule has 9 nitrogen and oxygen atoms in total. The number of amides is 1. The summed E-state index contributed by atoms with van der Waals surface area (Å²) in [5.41, 5.74) is 0.114. The summed E-state index contributed by atoms with van der Waals surface area (Å²) in [5.74, 6) is -1.08. The van der Waals surface area contributed by atoms with Crippen LogP contribution in [0.4, 0.5) is 15.8 Å². The molecule has 0 saturated heterocycles. The Balaban J connectivity index is 1.70. The van der Waals surface area contributed by atoms with E-state index in [1.54, 1.807) is 12.1 Å². The molecule has 0 spiro atoms. The molecule has 1 N–H and O–H groups in total. The van der Waals surface area contributed by atoms with Crippen molar-refractivity contribution < 1.29 is 14.1 Å². The Morgan fingerprint density at radius 2 is 2.00 bits per heavy atom. The van der Waals surface area contributed by atoms with Crippen LogP contribution in [0.3, 0.4) is 0 Å². The molecule has 2 aromatic carbocycles. The molecule has 0 radical (unpaired) electrons. The van der Waals surface area contributed by atoms with Gasteiger partial charge < -0.3 is 5.32 Å². The first kappa shape index (κ1) is 16.2. The summed E-state index contributed by atoms with van der Waals surface area (Å²) in [4.78, 5) is 23.1. The van der Waals surface area contributed by atoms with Crippen molar-refractivity contribution in [2.24, 2.45) is 0 Å². The Kier molecular flexibility index (Phi) is 4.42. The number of nitrogens with one attached hydrogen (secondary N) is 1. The number of tetrazole rings is 1. The number of nitro groups is 1. The topological polar surface area (TPSA) is 116 Å². The van der Waals surface area contributed by atoms with E-state index in [4.69, 9.17) is 0 Å². The zero-order chi connectivity index (χ0) is 17.8. The first-order valence-corrected chi connectivity index (χ1v) is 7.10. The van der Waals surface area contributed by atoms with Gasteiger partial charge in [0.05, 0.1) is 10.6 Å². The lowest BCUT2D eigenvalue weighted by atomic mass is 10.2. The van der Waals surface area contributed by atoms with Crippen LogP contribution in [0.25, 0.3) is 11.4 Å². The standard InChI is InChI=1S/C15H11FN6O3/c16-12-7-6-11(22(24)25)8-13(12)17-14(23)9-21-19-15(18-20-21)10-4-2-1-3-5-10/h1-8H,9H2,(H,17,23). The van der Waals surface area contributed by atoms with E-state index in [2.05, 4.69) is 20.7 Å². The second-order valence-corrected chi connectivity index (χ2v) is 4.98. The molecule has 3 rings (SSSR count). The summed E-state index contributed by atoms with van der Waals surface area (Å²) in [6, 6.07) is 11.9. The summed E-state index contributed by atoms with van der Waals surface area (Å²) < 4.78 is 13.7. The monoisotopic (exact) mass is 342 g/mol. The number of halogens is 1. The highest BCUT2D eigenvalue weighted by Crippen LogP contribution is 2.21. The van der Waals surface area contributed by atoms with Gasteiger partial charge in [-0.15, -0.1) is 10.2 Å². The van der Waals surface area contributed by atoms with Gasteiger partial charge in [-0.25, -0.2) is 4.39 Å². The SMILES string of the molecule is O=C(Cn1nnc(-c2ccccc2)n1)Nc1cc([N+](=O)[O-])ccc1F. The maximum absolute atomic E-state index is 13.7. The Morgan fingerprint density at radius 3 is 2.72 bits per heavy atom. The van der Waals surface area contributed by atoms with Crippen LogP contribution in [-0.2, 0) is 11.3 Å². The third kappa shape index (κ3) is 3.80. The van der Waals surface area contributed by atoms with Crippen molar-refractivity contribution in [3.8, 4) is 11.4 Å². The van der Waals surface area contributed by atoms with Crippen molar-refractivity contribution >= 4 is 17.3 Å². The van der Waals surface area contributed by atoms with Crippen LogP contribution in [0.2, 0.25) is 0 Å². The second kappa shape index (κ2) is 6.83. The van der Waals surface area contributed by atoms with Gasteiger partial charge in [0.15, 0.2) is 0 Å². The zero-order valence-corrected chi connectivity index (χ0v) is 12.7. The van der Waals surface area contributed by atoms with Gasteiger partial charge in [-0.1, -0.05) is 30.3 Å². The molecule has 25 heavy (non-hydrogen) atoms. The Morgan fingerprint density at radius 1 is 1.24 bits per heavy atom. The third-order valence-corrected chi connectivity index (χ3v) is 3.20. The average Bonchev–Trinajstić information content (AvgIpc) is 3.06. The van der Waals surface area contributed by atoms with Gasteiger partial charge in [-0.05, 0) is 11.3 Å². The number of aromatic nitrogens is 4. The Labute approximate surface area is 140 Å². The van der Waals surface area contributed by atoms with Gasteiger partial charge in [0.1, 0.15) is 12.4 Å². The van der Waals surface area contributed by atoms with Gasteiger partial charge >= 0.3 is 0 Å². The van der Waals surface area contributed by atoms with E-state index >= 15 is 0 Å². The second-order valence-electron chi connectivity index (χ2n) is 4.98. The van der Waals surface area contributed by atoms with E-state index in [9.17, 15) is 19.3 Å². The molecule has 1 aromatic heterocycles. The quantitative estimate of drug-likeness (QED) is 0.560. The molecule has 3 aromatic rings. The van der Waals surface area contributed by atoms with Gasteiger partial charge in [0.25, 0.3) is 5.69 Å². The van der Waals surface area contributed by atoms with E-state index in [1.165, 1.54) is 0 Å². The summed E-state index contributed by atoms with van der Waals surface area (Å²) >= 11 is 0. The summed E-state index contributed by atoms with van der Waals surface area (Å²) in [6.07, 6.45) is 0. The molecule has 0 aliphatic rings. The normalized spacial score (nSPS) is 10.4. The molecule has 1 amide bonds. The number of hydrogen-bond donors (Lipinski definition) is 1. The first-order valence-electron chi connectivity index (χ1n) is 7.10. The fourth-order valence-electron chi connectivity index (χ4n) is 2.05. The molecule has 0 bridgehead atoms. The number of carbonyl (C=O) groups is 1. The fraction of sp³-hybridized carbons (Fsp3) is 0.0667. The minimum Gasteiger partial charge on any atom is -0.322 e. The minimum atomic E-state index is -0.782. The van der Waals surface area contributed by atoms with Gasteiger partial charge in [0.2, 0.25) is 11.7 Å². The fourth-order valence-corrected chi connectivity index (χ4v) is 2.05. The van der Waals surface area contributed by atoms with E-state index in [1.807, 2.05) is 18.2 Å². The molecule has 0 aliphatic heterocycles. The van der Waals surface area contributed by atoms with E-state index in [-0.39, 0.29) is 17.9 Å². The van der Waals surface area contributed by atoms with E-state index in [0.717, 1.165) is 28.6 Å². The van der Waals surface area contributed by atoms with Crippen molar-refractivity contribution in [2.45, 2.75) is 6.54 Å². The third-order valence-electron chi connectivity index (χ3n) is 3.20. The maximum Gasteiger partial charge on any atom is 0.271 e. The van der Waals surface area contributed by atoms with E-state index in [0.29, 0.717) is 5.82 Å². The van der Waals surface area contributed by atoms with Crippen molar-refractivity contribution in [1.29, 1.82) is 0 Å². The van der Waals surface area contributed by atoms with E-state index < -0.39 is 16.6 Å². The van der Waals surface area contributed by atoms with Crippen molar-refractivity contribution in [3.63, 3.8) is 0 Å². The van der Waals surface area contributed by atoms with Gasteiger partial charge in [0, 0.05) is 17.7 Å². The lowest BCUT2D eigenvalue weighted by Crippen LogP contribution is -2.21. The largest absolute Gasteiger partial charge is 0.322 e. The van der Waals surface area contributed by atoms with Crippen molar-refractivity contribution in [1.82, 2.24) is 20.2 Å². The summed E-state index contributed by atoms with van der Waals surface area (Å²) in [5, 5.41) is 24.6. The first-order chi connectivity index (χ1) is 12.0. The molecule has 0 aliphatic carbocycles. The molecule has 1 heterocycles. The number of nitro benzene ring substituents is 1. The highest BCUT2D eigenvalue weighted by Gasteiger charge is 2.14. The average molecular weight is 342 g/mol. The van der Waals surface area contributed by atoms with Crippen LogP contribution in [0.1, 0.15) is 0 Å². The number of anilines is 1. The summed E-state index contributed by atoms with van der Waals surface area (Å²) in [7, 11) is 0. The zero-order valence-electron chi connectivity index (χ0n) is 12.7. The predicted octanol–water partition coefficient (Wildman–Crippen LogP) is 2.03. The van der Waals surface area contributed by atoms with Gasteiger partial charge in [-0.2, -0.15) is 4.80 Å². The number of nitrogens with zero attached hydrogens (tertiary/aromatic N) is 5. The van der Waals surface area contributed by atoms with Crippen molar-refractivity contribution in [2.75, 3.05) is 5.32 Å². The number of carbonyl (C=O) groups excluding carboxylic acids is 1. The minimum absolute atomic E-state index is 0.289. The predicted molar refractivity (Wildman–Crippen MR) is 84.9 cm³/mol. The van der Waals surface area contributed by atoms with Gasteiger partial charge in [-0.3, -0.25) is 14.9 Å². The van der Waals surface area contributed by atoms with Crippen LogP contribution in [-0.4, -0.2) is 31.0 Å². The molecular weight excluding hydrogens is 331 g/mol. The highest BCUT2D eigenvalue weighted by molar-refractivity contribution is 5.90. The smallest absolute Gasteiger partial charge is 0.271 e. The Hall–Kier alpha value is -3.69. The molecule has 10 heteroatoms. The Bertz CT molecular complexity index is 928. The molecular formula is C15H11FN6O3. The van der Waals surface area contributed by atoms with Crippen LogP contribution in [0.5, 0.6) is 0 Å². The number of hydrogen-bond acceptors (Lipinski definition) is 6. The molecule has 0 unspecified atom stereocenters. The van der Waals surface area contributed by atoms with Crippen LogP contribution < -0.4 is 5.32 Å². The van der Waals surface area contributed by atoms with Crippen molar-refractivity contribution in [3.05, 3.63) is 64.5 Å². The number of non-ortho nitro benzene ring substituents is 1. The lowest BCUT2D eigenvalue weighted by molar-refractivity contribution is -0.384. The number of benzene rings is 2.